The van der Waals surface area contributed by atoms with E-state index in [0.717, 1.165) is 5.56 Å². The molecule has 1 heterocycles. The Morgan fingerprint density at radius 3 is 2.65 bits per heavy atom. The second kappa shape index (κ2) is 7.39. The van der Waals surface area contributed by atoms with Crippen LogP contribution in [-0.4, -0.2) is 32.2 Å². The highest BCUT2D eigenvalue weighted by Gasteiger charge is 2.21. The second-order valence-electron chi connectivity index (χ2n) is 4.43. The van der Waals surface area contributed by atoms with E-state index in [1.165, 1.54) is 31.6 Å². The third kappa shape index (κ3) is 3.78. The maximum atomic E-state index is 11.8. The summed E-state index contributed by atoms with van der Waals surface area (Å²) in [7, 11) is 4.30. The predicted molar refractivity (Wildman–Crippen MR) is 87.5 cm³/mol. The van der Waals surface area contributed by atoms with Crippen molar-refractivity contribution in [1.29, 1.82) is 0 Å². The van der Waals surface area contributed by atoms with E-state index in [4.69, 9.17) is 37.1 Å². The topological polar surface area (TPSA) is 64.8 Å². The van der Waals surface area contributed by atoms with Crippen LogP contribution in [0.15, 0.2) is 40.8 Å². The van der Waals surface area contributed by atoms with Crippen molar-refractivity contribution < 1.29 is 18.7 Å². The molecule has 1 aromatic heterocycles. The minimum Gasteiger partial charge on any atom is -0.502 e. The van der Waals surface area contributed by atoms with Crippen molar-refractivity contribution in [1.82, 2.24) is 4.98 Å². The quantitative estimate of drug-likeness (QED) is 0.461. The smallest absolute Gasteiger partial charge is 0.358 e. The molecule has 6 nitrogen and oxygen atoms in total. The standard InChI is InChI=1S/C15H14Cl2N2O4/c1-19(13(8-21-2)14(20)22-3)15-18-12(7-23-15)9-4-5-10(16)11(17)6-9/h4-8H,1-3H3/b13-8+. The van der Waals surface area contributed by atoms with Crippen LogP contribution in [0.3, 0.4) is 0 Å². The van der Waals surface area contributed by atoms with Gasteiger partial charge in [0, 0.05) is 12.6 Å². The van der Waals surface area contributed by atoms with Gasteiger partial charge in [0.2, 0.25) is 0 Å². The van der Waals surface area contributed by atoms with E-state index in [1.54, 1.807) is 25.2 Å². The first-order valence-electron chi connectivity index (χ1n) is 6.44. The first-order valence-corrected chi connectivity index (χ1v) is 7.19. The van der Waals surface area contributed by atoms with Gasteiger partial charge in [0.1, 0.15) is 18.2 Å². The van der Waals surface area contributed by atoms with Crippen molar-refractivity contribution in [3.63, 3.8) is 0 Å². The molecule has 0 N–H and O–H groups in total. The summed E-state index contributed by atoms with van der Waals surface area (Å²) in [5, 5.41) is 0.865. The number of carbonyl (C=O) groups is 1. The number of esters is 1. The van der Waals surface area contributed by atoms with Gasteiger partial charge in [-0.15, -0.1) is 0 Å². The molecule has 2 aromatic rings. The summed E-state index contributed by atoms with van der Waals surface area (Å²) in [6, 6.07) is 5.31. The van der Waals surface area contributed by atoms with Crippen molar-refractivity contribution in [3.05, 3.63) is 46.5 Å². The Morgan fingerprint density at radius 1 is 1.30 bits per heavy atom. The van der Waals surface area contributed by atoms with Crippen LogP contribution in [0.2, 0.25) is 10.0 Å². The Bertz CT molecular complexity index is 743. The lowest BCUT2D eigenvalue weighted by Gasteiger charge is -2.15. The van der Waals surface area contributed by atoms with Gasteiger partial charge >= 0.3 is 12.0 Å². The van der Waals surface area contributed by atoms with E-state index in [2.05, 4.69) is 4.98 Å². The van der Waals surface area contributed by atoms with Crippen LogP contribution in [-0.2, 0) is 14.3 Å². The molecule has 0 radical (unpaired) electrons. The van der Waals surface area contributed by atoms with E-state index in [1.807, 2.05) is 0 Å². The minimum atomic E-state index is -0.580. The zero-order valence-electron chi connectivity index (χ0n) is 12.7. The SMILES string of the molecule is CO/C=C(\C(=O)OC)N(C)c1nc(-c2ccc(Cl)c(Cl)c2)co1. The first-order chi connectivity index (χ1) is 11.0. The highest BCUT2D eigenvalue weighted by molar-refractivity contribution is 6.42. The van der Waals surface area contributed by atoms with Gasteiger partial charge in [-0.25, -0.2) is 4.79 Å². The Hall–Kier alpha value is -2.18. The number of anilines is 1. The van der Waals surface area contributed by atoms with Gasteiger partial charge in [-0.1, -0.05) is 29.3 Å². The Labute approximate surface area is 143 Å². The maximum Gasteiger partial charge on any atom is 0.358 e. The van der Waals surface area contributed by atoms with Gasteiger partial charge in [-0.05, 0) is 12.1 Å². The Kier molecular flexibility index (Phi) is 5.52. The largest absolute Gasteiger partial charge is 0.502 e. The number of benzene rings is 1. The van der Waals surface area contributed by atoms with Crippen molar-refractivity contribution in [2.75, 3.05) is 26.2 Å². The van der Waals surface area contributed by atoms with Gasteiger partial charge in [-0.3, -0.25) is 4.90 Å². The Morgan fingerprint density at radius 2 is 2.04 bits per heavy atom. The zero-order valence-corrected chi connectivity index (χ0v) is 14.2. The monoisotopic (exact) mass is 356 g/mol. The third-order valence-electron chi connectivity index (χ3n) is 2.98. The average molecular weight is 357 g/mol. The molecule has 0 atom stereocenters. The van der Waals surface area contributed by atoms with Gasteiger partial charge in [0.15, 0.2) is 5.70 Å². The number of likely N-dealkylation sites (N-methyl/N-ethyl adjacent to an activating group) is 1. The van der Waals surface area contributed by atoms with Gasteiger partial charge < -0.3 is 13.9 Å². The molecule has 0 saturated heterocycles. The molecule has 23 heavy (non-hydrogen) atoms. The van der Waals surface area contributed by atoms with Gasteiger partial charge in [0.05, 0.1) is 24.3 Å². The lowest BCUT2D eigenvalue weighted by molar-refractivity contribution is -0.136. The third-order valence-corrected chi connectivity index (χ3v) is 3.72. The molecule has 1 aromatic carbocycles. The van der Waals surface area contributed by atoms with Gasteiger partial charge in [0.25, 0.3) is 0 Å². The molecule has 0 aliphatic carbocycles. The summed E-state index contributed by atoms with van der Waals surface area (Å²) in [6.07, 6.45) is 2.70. The molecule has 0 bridgehead atoms. The van der Waals surface area contributed by atoms with Crippen LogP contribution >= 0.6 is 23.2 Å². The second-order valence-corrected chi connectivity index (χ2v) is 5.25. The van der Waals surface area contributed by atoms with Crippen LogP contribution in [0.4, 0.5) is 6.01 Å². The fraction of sp³-hybridized carbons (Fsp3) is 0.200. The lowest BCUT2D eigenvalue weighted by Crippen LogP contribution is -2.24. The number of halogens is 2. The predicted octanol–water partition coefficient (Wildman–Crippen LogP) is 3.75. The number of hydrogen-bond acceptors (Lipinski definition) is 6. The maximum absolute atomic E-state index is 11.8. The van der Waals surface area contributed by atoms with Crippen LogP contribution in [0.25, 0.3) is 11.3 Å². The highest BCUT2D eigenvalue weighted by Crippen LogP contribution is 2.29. The lowest BCUT2D eigenvalue weighted by atomic mass is 10.2. The molecule has 0 aliphatic rings. The van der Waals surface area contributed by atoms with E-state index in [-0.39, 0.29) is 11.7 Å². The molecule has 0 fully saturated rings. The summed E-state index contributed by atoms with van der Waals surface area (Å²) < 4.78 is 15.0. The first kappa shape index (κ1) is 17.2. The molecule has 0 unspecified atom stereocenters. The van der Waals surface area contributed by atoms with Crippen molar-refractivity contribution in [2.24, 2.45) is 0 Å². The molecule has 0 spiro atoms. The van der Waals surface area contributed by atoms with E-state index in [0.29, 0.717) is 15.7 Å². The number of methoxy groups -OCH3 is 2. The van der Waals surface area contributed by atoms with E-state index < -0.39 is 5.97 Å². The Balaban J connectivity index is 2.32. The van der Waals surface area contributed by atoms with Crippen LogP contribution in [0.1, 0.15) is 0 Å². The van der Waals surface area contributed by atoms with E-state index in [9.17, 15) is 4.79 Å². The van der Waals surface area contributed by atoms with Gasteiger partial charge in [-0.2, -0.15) is 4.98 Å². The van der Waals surface area contributed by atoms with Crippen molar-refractivity contribution >= 4 is 35.2 Å². The molecule has 0 aliphatic heterocycles. The molecule has 8 heteroatoms. The summed E-state index contributed by atoms with van der Waals surface area (Å²) in [4.78, 5) is 17.5. The summed E-state index contributed by atoms with van der Waals surface area (Å²) >= 11 is 11.9. The molecule has 122 valence electrons. The van der Waals surface area contributed by atoms with Crippen molar-refractivity contribution in [3.8, 4) is 11.3 Å². The number of rotatable bonds is 5. The summed E-state index contributed by atoms with van der Waals surface area (Å²) in [6.45, 7) is 0. The average Bonchev–Trinajstić information content (AvgIpc) is 3.04. The van der Waals surface area contributed by atoms with Crippen LogP contribution < -0.4 is 4.90 Å². The zero-order chi connectivity index (χ0) is 17.0. The van der Waals surface area contributed by atoms with Crippen LogP contribution in [0.5, 0.6) is 0 Å². The fourth-order valence-electron chi connectivity index (χ4n) is 1.79. The highest BCUT2D eigenvalue weighted by atomic mass is 35.5. The number of oxazole rings is 1. The molecule has 0 saturated carbocycles. The fourth-order valence-corrected chi connectivity index (χ4v) is 2.09. The molecule has 2 rings (SSSR count). The molecular weight excluding hydrogens is 343 g/mol. The normalized spacial score (nSPS) is 11.3. The number of aromatic nitrogens is 1. The number of ether oxygens (including phenoxy) is 2. The van der Waals surface area contributed by atoms with Crippen LogP contribution in [0, 0.1) is 0 Å². The number of hydrogen-bond donors (Lipinski definition) is 0. The molecule has 0 amide bonds. The minimum absolute atomic E-state index is 0.137. The number of carbonyl (C=O) groups excluding carboxylic acids is 1. The molecular formula is C15H14Cl2N2O4. The van der Waals surface area contributed by atoms with E-state index >= 15 is 0 Å². The summed E-state index contributed by atoms with van der Waals surface area (Å²) in [5.41, 5.74) is 1.42. The summed E-state index contributed by atoms with van der Waals surface area (Å²) in [5.74, 6) is -0.580. The van der Waals surface area contributed by atoms with Crippen molar-refractivity contribution in [2.45, 2.75) is 0 Å². The number of nitrogens with zero attached hydrogens (tertiary/aromatic N) is 2.